The summed E-state index contributed by atoms with van der Waals surface area (Å²) in [5.74, 6) is 0.963. The molecule has 28 heavy (non-hydrogen) atoms. The summed E-state index contributed by atoms with van der Waals surface area (Å²) in [7, 11) is 0. The number of guanidine groups is 1. The number of nitrogens with two attached hydrogens (primary N) is 1. The van der Waals surface area contributed by atoms with Crippen LogP contribution in [0.5, 0.6) is 0 Å². The summed E-state index contributed by atoms with van der Waals surface area (Å²) in [6.07, 6.45) is 2.42. The number of furan rings is 1. The average Bonchev–Trinajstić information content (AvgIpc) is 3.10. The molecule has 0 aliphatic carbocycles. The first-order valence-corrected chi connectivity index (χ1v) is 9.75. The number of piperidine rings is 1. The van der Waals surface area contributed by atoms with Gasteiger partial charge in [-0.15, -0.1) is 24.0 Å². The summed E-state index contributed by atoms with van der Waals surface area (Å²) in [6, 6.07) is 3.69. The van der Waals surface area contributed by atoms with E-state index in [4.69, 9.17) is 14.9 Å². The Bertz CT molecular complexity index is 612. The lowest BCUT2D eigenvalue weighted by molar-refractivity contribution is 0.0532. The van der Waals surface area contributed by atoms with Crippen LogP contribution in [0.1, 0.15) is 49.9 Å². The quantitative estimate of drug-likeness (QED) is 0.268. The Labute approximate surface area is 184 Å². The first-order chi connectivity index (χ1) is 13.0. The van der Waals surface area contributed by atoms with E-state index in [1.54, 1.807) is 12.1 Å². The molecule has 0 bridgehead atoms. The number of primary amides is 1. The van der Waals surface area contributed by atoms with E-state index in [2.05, 4.69) is 34.4 Å². The molecular formula is C19H34IN5O3. The van der Waals surface area contributed by atoms with Crippen molar-refractivity contribution in [1.82, 2.24) is 15.5 Å². The normalized spacial score (nSPS) is 16.1. The number of aliphatic imine (C=N–C) groups is 1. The molecule has 2 rings (SSSR count). The zero-order valence-corrected chi connectivity index (χ0v) is 19.4. The van der Waals surface area contributed by atoms with Gasteiger partial charge in [0.2, 0.25) is 0 Å². The molecule has 4 N–H and O–H groups in total. The summed E-state index contributed by atoms with van der Waals surface area (Å²) in [4.78, 5) is 18.1. The first-order valence-electron chi connectivity index (χ1n) is 9.75. The Hall–Kier alpha value is -1.33. The average molecular weight is 507 g/mol. The number of halogens is 1. The van der Waals surface area contributed by atoms with Crippen LogP contribution in [-0.4, -0.2) is 61.7 Å². The molecule has 0 unspecified atom stereocenters. The van der Waals surface area contributed by atoms with Crippen molar-refractivity contribution in [2.75, 3.05) is 32.8 Å². The van der Waals surface area contributed by atoms with Crippen LogP contribution in [0.2, 0.25) is 0 Å². The second-order valence-electron chi connectivity index (χ2n) is 7.01. The summed E-state index contributed by atoms with van der Waals surface area (Å²) in [5, 5.41) is 6.76. The van der Waals surface area contributed by atoms with Crippen molar-refractivity contribution < 1.29 is 13.9 Å². The molecule has 8 nitrogen and oxygen atoms in total. The summed E-state index contributed by atoms with van der Waals surface area (Å²) in [5.41, 5.74) is 5.21. The van der Waals surface area contributed by atoms with E-state index >= 15 is 0 Å². The third-order valence-electron chi connectivity index (χ3n) is 4.43. The molecule has 1 aliphatic heterocycles. The maximum absolute atomic E-state index is 11.1. The number of ether oxygens (including phenoxy) is 1. The van der Waals surface area contributed by atoms with E-state index in [-0.39, 0.29) is 35.8 Å². The van der Waals surface area contributed by atoms with E-state index in [0.717, 1.165) is 51.6 Å². The summed E-state index contributed by atoms with van der Waals surface area (Å²) >= 11 is 0. The Morgan fingerprint density at radius 1 is 1.39 bits per heavy atom. The van der Waals surface area contributed by atoms with Crippen LogP contribution in [0.3, 0.4) is 0 Å². The van der Waals surface area contributed by atoms with E-state index in [0.29, 0.717) is 18.3 Å². The number of hydrogen-bond acceptors (Lipinski definition) is 5. The minimum absolute atomic E-state index is 0. The lowest BCUT2D eigenvalue weighted by Crippen LogP contribution is -2.49. The number of carbonyl (C=O) groups is 1. The van der Waals surface area contributed by atoms with Crippen LogP contribution >= 0.6 is 24.0 Å². The fourth-order valence-corrected chi connectivity index (χ4v) is 2.98. The van der Waals surface area contributed by atoms with Crippen molar-refractivity contribution in [2.24, 2.45) is 10.7 Å². The van der Waals surface area contributed by atoms with Gasteiger partial charge in [-0.2, -0.15) is 0 Å². The molecule has 2 heterocycles. The molecule has 1 fully saturated rings. The van der Waals surface area contributed by atoms with E-state index < -0.39 is 5.91 Å². The minimum atomic E-state index is -0.569. The van der Waals surface area contributed by atoms with Crippen LogP contribution in [0, 0.1) is 0 Å². The fourth-order valence-electron chi connectivity index (χ4n) is 2.98. The maximum Gasteiger partial charge on any atom is 0.284 e. The number of carbonyl (C=O) groups excluding carboxylic acids is 1. The van der Waals surface area contributed by atoms with Gasteiger partial charge in [0.15, 0.2) is 11.7 Å². The van der Waals surface area contributed by atoms with Crippen LogP contribution in [0.25, 0.3) is 0 Å². The van der Waals surface area contributed by atoms with Crippen LogP contribution < -0.4 is 16.4 Å². The first kappa shape index (κ1) is 24.7. The third kappa shape index (κ3) is 8.78. The standard InChI is InChI=1S/C19H33N5O3.HI/c1-4-21-19(22-13-16-5-6-17(27-16)18(20)25)23-15-7-9-24(10-8-15)11-12-26-14(2)3;/h5-6,14-15H,4,7-13H2,1-3H3,(H2,20,25)(H2,21,22,23);1H. The zero-order chi connectivity index (χ0) is 19.6. The molecule has 0 spiro atoms. The summed E-state index contributed by atoms with van der Waals surface area (Å²) < 4.78 is 11.0. The largest absolute Gasteiger partial charge is 0.454 e. The van der Waals surface area contributed by atoms with Gasteiger partial charge in [-0.3, -0.25) is 4.79 Å². The van der Waals surface area contributed by atoms with Gasteiger partial charge in [0.1, 0.15) is 12.3 Å². The number of nitrogens with one attached hydrogen (secondary N) is 2. The highest BCUT2D eigenvalue weighted by atomic mass is 127. The number of nitrogens with zero attached hydrogens (tertiary/aromatic N) is 2. The zero-order valence-electron chi connectivity index (χ0n) is 17.1. The van der Waals surface area contributed by atoms with Crippen LogP contribution in [0.4, 0.5) is 0 Å². The minimum Gasteiger partial charge on any atom is -0.454 e. The predicted octanol–water partition coefficient (Wildman–Crippen LogP) is 1.94. The number of rotatable bonds is 9. The van der Waals surface area contributed by atoms with Crippen molar-refractivity contribution >= 4 is 35.8 Å². The predicted molar refractivity (Wildman–Crippen MR) is 121 cm³/mol. The molecule has 9 heteroatoms. The molecule has 0 atom stereocenters. The molecule has 1 amide bonds. The van der Waals surface area contributed by atoms with Crippen LogP contribution in [-0.2, 0) is 11.3 Å². The van der Waals surface area contributed by atoms with Crippen molar-refractivity contribution in [1.29, 1.82) is 0 Å². The van der Waals surface area contributed by atoms with Gasteiger partial charge in [-0.25, -0.2) is 4.99 Å². The Balaban J connectivity index is 0.00000392. The lowest BCUT2D eigenvalue weighted by Gasteiger charge is -2.33. The Morgan fingerprint density at radius 3 is 2.68 bits per heavy atom. The van der Waals surface area contributed by atoms with Gasteiger partial charge in [0, 0.05) is 32.2 Å². The van der Waals surface area contributed by atoms with Gasteiger partial charge in [0.05, 0.1) is 12.7 Å². The Kier molecular flexibility index (Phi) is 11.5. The second kappa shape index (κ2) is 13.0. The highest BCUT2D eigenvalue weighted by Gasteiger charge is 2.20. The number of likely N-dealkylation sites (tertiary alicyclic amines) is 1. The van der Waals surface area contributed by atoms with E-state index in [9.17, 15) is 4.79 Å². The maximum atomic E-state index is 11.1. The van der Waals surface area contributed by atoms with Gasteiger partial charge in [0.25, 0.3) is 5.91 Å². The highest BCUT2D eigenvalue weighted by molar-refractivity contribution is 14.0. The van der Waals surface area contributed by atoms with E-state index in [1.807, 2.05) is 6.92 Å². The molecule has 0 radical (unpaired) electrons. The Morgan fingerprint density at radius 2 is 2.11 bits per heavy atom. The van der Waals surface area contributed by atoms with Crippen LogP contribution in [0.15, 0.2) is 21.5 Å². The molecule has 1 aromatic rings. The molecule has 1 aliphatic rings. The van der Waals surface area contributed by atoms with Crippen molar-refractivity contribution in [3.63, 3.8) is 0 Å². The van der Waals surface area contributed by atoms with Gasteiger partial charge >= 0.3 is 0 Å². The third-order valence-corrected chi connectivity index (χ3v) is 4.43. The second-order valence-corrected chi connectivity index (χ2v) is 7.01. The van der Waals surface area contributed by atoms with Gasteiger partial charge < -0.3 is 30.4 Å². The number of amides is 1. The molecule has 160 valence electrons. The molecule has 0 saturated carbocycles. The molecule has 1 aromatic heterocycles. The van der Waals surface area contributed by atoms with E-state index in [1.165, 1.54) is 0 Å². The molecule has 0 aromatic carbocycles. The molecule has 1 saturated heterocycles. The SMILES string of the molecule is CCNC(=NCc1ccc(C(N)=O)o1)NC1CCN(CCOC(C)C)CC1.I. The van der Waals surface area contributed by atoms with Crippen molar-refractivity contribution in [3.8, 4) is 0 Å². The fraction of sp³-hybridized carbons (Fsp3) is 0.684. The molecular weight excluding hydrogens is 473 g/mol. The lowest BCUT2D eigenvalue weighted by atomic mass is 10.1. The smallest absolute Gasteiger partial charge is 0.284 e. The monoisotopic (exact) mass is 507 g/mol. The van der Waals surface area contributed by atoms with Gasteiger partial charge in [-0.1, -0.05) is 0 Å². The topological polar surface area (TPSA) is 105 Å². The summed E-state index contributed by atoms with van der Waals surface area (Å²) in [6.45, 7) is 11.2. The van der Waals surface area contributed by atoms with Crippen molar-refractivity contribution in [3.05, 3.63) is 23.7 Å². The number of hydrogen-bond donors (Lipinski definition) is 3. The van der Waals surface area contributed by atoms with Crippen molar-refractivity contribution in [2.45, 2.75) is 52.3 Å². The van der Waals surface area contributed by atoms with Gasteiger partial charge in [-0.05, 0) is 45.7 Å². The highest BCUT2D eigenvalue weighted by Crippen LogP contribution is 2.11.